The summed E-state index contributed by atoms with van der Waals surface area (Å²) in [6, 6.07) is 2.07. The number of pyridine rings is 1. The standard InChI is InChI=1S/C14H23NO/c1-13(2,3)10-7-8-15-11(9-16)12(10)14(4,5)6/h7-8,16H,9H2,1-6H3. The molecule has 1 N–H and O–H groups in total. The molecule has 0 aromatic carbocycles. The predicted octanol–water partition coefficient (Wildman–Crippen LogP) is 3.17. The molecule has 0 aliphatic heterocycles. The second-order valence-corrected chi connectivity index (χ2v) is 6.34. The monoisotopic (exact) mass is 221 g/mol. The summed E-state index contributed by atoms with van der Waals surface area (Å²) in [5, 5.41) is 9.41. The van der Waals surface area contributed by atoms with E-state index in [0.29, 0.717) is 0 Å². The predicted molar refractivity (Wildman–Crippen MR) is 67.6 cm³/mol. The van der Waals surface area contributed by atoms with Crippen LogP contribution in [0.2, 0.25) is 0 Å². The molecule has 0 saturated carbocycles. The van der Waals surface area contributed by atoms with Gasteiger partial charge in [0.15, 0.2) is 0 Å². The number of aliphatic hydroxyl groups is 1. The zero-order valence-corrected chi connectivity index (χ0v) is 11.3. The van der Waals surface area contributed by atoms with Crippen molar-refractivity contribution in [2.45, 2.75) is 59.0 Å². The van der Waals surface area contributed by atoms with Crippen molar-refractivity contribution in [1.29, 1.82) is 0 Å². The van der Waals surface area contributed by atoms with Gasteiger partial charge in [0.1, 0.15) is 0 Å². The van der Waals surface area contributed by atoms with Gasteiger partial charge in [-0.1, -0.05) is 41.5 Å². The lowest BCUT2D eigenvalue weighted by Gasteiger charge is -2.31. The highest BCUT2D eigenvalue weighted by atomic mass is 16.3. The number of aliphatic hydroxyl groups excluding tert-OH is 1. The molecule has 2 heteroatoms. The quantitative estimate of drug-likeness (QED) is 0.790. The van der Waals surface area contributed by atoms with Crippen LogP contribution in [0.25, 0.3) is 0 Å². The van der Waals surface area contributed by atoms with Crippen molar-refractivity contribution in [3.05, 3.63) is 29.1 Å². The Morgan fingerprint density at radius 1 is 1.06 bits per heavy atom. The Bertz CT molecular complexity index is 369. The molecule has 0 spiro atoms. The fourth-order valence-corrected chi connectivity index (χ4v) is 2.09. The molecule has 2 nitrogen and oxygen atoms in total. The summed E-state index contributed by atoms with van der Waals surface area (Å²) < 4.78 is 0. The Labute approximate surface area is 98.7 Å². The van der Waals surface area contributed by atoms with Crippen molar-refractivity contribution in [2.24, 2.45) is 0 Å². The van der Waals surface area contributed by atoms with Gasteiger partial charge in [0, 0.05) is 6.20 Å². The van der Waals surface area contributed by atoms with Crippen molar-refractivity contribution >= 4 is 0 Å². The maximum Gasteiger partial charge on any atom is 0.0856 e. The molecule has 0 bridgehead atoms. The number of rotatable bonds is 1. The van der Waals surface area contributed by atoms with E-state index in [1.807, 2.05) is 0 Å². The molecule has 1 aromatic rings. The number of nitrogens with zero attached hydrogens (tertiary/aromatic N) is 1. The van der Waals surface area contributed by atoms with Crippen LogP contribution in [0.4, 0.5) is 0 Å². The molecule has 1 heterocycles. The Hall–Kier alpha value is -0.890. The van der Waals surface area contributed by atoms with Gasteiger partial charge in [-0.25, -0.2) is 0 Å². The Balaban J connectivity index is 3.51. The first-order valence-corrected chi connectivity index (χ1v) is 5.77. The zero-order valence-electron chi connectivity index (χ0n) is 11.3. The highest BCUT2D eigenvalue weighted by Crippen LogP contribution is 2.35. The van der Waals surface area contributed by atoms with Crippen molar-refractivity contribution in [1.82, 2.24) is 4.98 Å². The van der Waals surface area contributed by atoms with E-state index in [4.69, 9.17) is 0 Å². The van der Waals surface area contributed by atoms with Crippen LogP contribution in [0.5, 0.6) is 0 Å². The number of hydrogen-bond acceptors (Lipinski definition) is 2. The second-order valence-electron chi connectivity index (χ2n) is 6.34. The molecule has 1 aromatic heterocycles. The topological polar surface area (TPSA) is 33.1 Å². The average molecular weight is 221 g/mol. The summed E-state index contributed by atoms with van der Waals surface area (Å²) in [6.07, 6.45) is 1.79. The highest BCUT2D eigenvalue weighted by molar-refractivity contribution is 5.39. The molecule has 0 aliphatic rings. The lowest BCUT2D eigenvalue weighted by Crippen LogP contribution is -2.24. The molecule has 0 fully saturated rings. The zero-order chi connectivity index (χ0) is 12.6. The van der Waals surface area contributed by atoms with Crippen LogP contribution in [0.15, 0.2) is 12.3 Å². The van der Waals surface area contributed by atoms with E-state index in [9.17, 15) is 5.11 Å². The number of aromatic nitrogens is 1. The first-order valence-electron chi connectivity index (χ1n) is 5.77. The summed E-state index contributed by atoms with van der Waals surface area (Å²) in [4.78, 5) is 4.29. The summed E-state index contributed by atoms with van der Waals surface area (Å²) >= 11 is 0. The van der Waals surface area contributed by atoms with E-state index in [2.05, 4.69) is 52.6 Å². The van der Waals surface area contributed by atoms with Crippen molar-refractivity contribution in [3.63, 3.8) is 0 Å². The Morgan fingerprint density at radius 2 is 1.62 bits per heavy atom. The van der Waals surface area contributed by atoms with Crippen LogP contribution in [-0.2, 0) is 17.4 Å². The van der Waals surface area contributed by atoms with Crippen LogP contribution >= 0.6 is 0 Å². The van der Waals surface area contributed by atoms with Crippen LogP contribution in [0.3, 0.4) is 0 Å². The second kappa shape index (κ2) is 4.17. The highest BCUT2D eigenvalue weighted by Gasteiger charge is 2.27. The fourth-order valence-electron chi connectivity index (χ4n) is 2.09. The van der Waals surface area contributed by atoms with Gasteiger partial charge in [0.25, 0.3) is 0 Å². The molecular formula is C14H23NO. The summed E-state index contributed by atoms with van der Waals surface area (Å²) in [7, 11) is 0. The van der Waals surface area contributed by atoms with Gasteiger partial charge in [0.05, 0.1) is 12.3 Å². The molecule has 0 radical (unpaired) electrons. The van der Waals surface area contributed by atoms with Crippen LogP contribution < -0.4 is 0 Å². The summed E-state index contributed by atoms with van der Waals surface area (Å²) in [5.74, 6) is 0. The average Bonchev–Trinajstić information content (AvgIpc) is 2.13. The van der Waals surface area contributed by atoms with E-state index >= 15 is 0 Å². The van der Waals surface area contributed by atoms with Gasteiger partial charge in [-0.05, 0) is 28.0 Å². The molecule has 1 rings (SSSR count). The third kappa shape index (κ3) is 2.62. The first-order chi connectivity index (χ1) is 7.18. The molecule has 0 unspecified atom stereocenters. The van der Waals surface area contributed by atoms with Gasteiger partial charge in [0.2, 0.25) is 0 Å². The third-order valence-electron chi connectivity index (χ3n) is 2.74. The van der Waals surface area contributed by atoms with Gasteiger partial charge in [-0.3, -0.25) is 4.98 Å². The van der Waals surface area contributed by atoms with E-state index in [1.165, 1.54) is 11.1 Å². The van der Waals surface area contributed by atoms with E-state index in [-0.39, 0.29) is 17.4 Å². The van der Waals surface area contributed by atoms with Crippen molar-refractivity contribution < 1.29 is 5.11 Å². The lowest BCUT2D eigenvalue weighted by molar-refractivity contribution is 0.272. The molecular weight excluding hydrogens is 198 g/mol. The fraction of sp³-hybridized carbons (Fsp3) is 0.643. The van der Waals surface area contributed by atoms with Crippen molar-refractivity contribution in [2.75, 3.05) is 0 Å². The van der Waals surface area contributed by atoms with Gasteiger partial charge < -0.3 is 5.11 Å². The third-order valence-corrected chi connectivity index (χ3v) is 2.74. The first kappa shape index (κ1) is 13.2. The van der Waals surface area contributed by atoms with E-state index in [0.717, 1.165) is 5.69 Å². The van der Waals surface area contributed by atoms with Gasteiger partial charge in [-0.2, -0.15) is 0 Å². The van der Waals surface area contributed by atoms with E-state index in [1.54, 1.807) is 6.20 Å². The molecule has 0 saturated heterocycles. The minimum atomic E-state index is 0.00887. The largest absolute Gasteiger partial charge is 0.390 e. The molecule has 90 valence electrons. The summed E-state index contributed by atoms with van der Waals surface area (Å²) in [6.45, 7) is 13.1. The smallest absolute Gasteiger partial charge is 0.0856 e. The maximum absolute atomic E-state index is 9.41. The molecule has 0 atom stereocenters. The van der Waals surface area contributed by atoms with Crippen LogP contribution in [0, 0.1) is 0 Å². The van der Waals surface area contributed by atoms with Crippen LogP contribution in [-0.4, -0.2) is 10.1 Å². The van der Waals surface area contributed by atoms with Gasteiger partial charge in [-0.15, -0.1) is 0 Å². The normalized spacial score (nSPS) is 12.9. The number of hydrogen-bond donors (Lipinski definition) is 1. The van der Waals surface area contributed by atoms with Crippen molar-refractivity contribution in [3.8, 4) is 0 Å². The minimum Gasteiger partial charge on any atom is -0.390 e. The lowest BCUT2D eigenvalue weighted by atomic mass is 9.75. The maximum atomic E-state index is 9.41. The summed E-state index contributed by atoms with van der Waals surface area (Å²) in [5.41, 5.74) is 3.36. The molecule has 0 amide bonds. The SMILES string of the molecule is CC(C)(C)c1ccnc(CO)c1C(C)(C)C. The minimum absolute atomic E-state index is 0.00887. The Kier molecular flexibility index (Phi) is 3.44. The Morgan fingerprint density at radius 3 is 2.00 bits per heavy atom. The molecule has 16 heavy (non-hydrogen) atoms. The van der Waals surface area contributed by atoms with E-state index < -0.39 is 0 Å². The molecule has 0 aliphatic carbocycles. The van der Waals surface area contributed by atoms with Gasteiger partial charge >= 0.3 is 0 Å². The van der Waals surface area contributed by atoms with Crippen LogP contribution in [0.1, 0.15) is 58.4 Å².